The number of nitrogens with zero attached hydrogens (tertiary/aromatic N) is 3. The average Bonchev–Trinajstić information content (AvgIpc) is 3.09. The van der Waals surface area contributed by atoms with E-state index in [0.29, 0.717) is 17.6 Å². The largest absolute Gasteiger partial charge is 0.360 e. The third kappa shape index (κ3) is 4.01. The molecule has 0 spiro atoms. The zero-order valence-electron chi connectivity index (χ0n) is 16.0. The summed E-state index contributed by atoms with van der Waals surface area (Å²) in [6, 6.07) is 20.0. The van der Waals surface area contributed by atoms with Gasteiger partial charge in [-0.3, -0.25) is 0 Å². The highest BCUT2D eigenvalue weighted by Crippen LogP contribution is 2.26. The van der Waals surface area contributed by atoms with Crippen molar-refractivity contribution in [3.8, 4) is 11.3 Å². The van der Waals surface area contributed by atoms with E-state index < -0.39 is 0 Å². The molecule has 6 heteroatoms. The standard InChI is InChI=1S/C22H21N5O/c1-14-9-10-18(15(2)11-14)23-20-13-19(17-7-5-4-6-8-17)24-22(25-20)26-21-12-16(3)28-27-21/h4-13H,1-3H3,(H2,23,24,25,26,27). The van der Waals surface area contributed by atoms with Crippen LogP contribution >= 0.6 is 0 Å². The Kier molecular flexibility index (Phi) is 4.76. The molecule has 2 aromatic heterocycles. The first-order chi connectivity index (χ1) is 13.6. The fourth-order valence-electron chi connectivity index (χ4n) is 2.96. The van der Waals surface area contributed by atoms with Crippen molar-refractivity contribution in [1.82, 2.24) is 15.1 Å². The number of anilines is 4. The van der Waals surface area contributed by atoms with Crippen molar-refractivity contribution < 1.29 is 4.52 Å². The van der Waals surface area contributed by atoms with Gasteiger partial charge in [0.1, 0.15) is 11.6 Å². The van der Waals surface area contributed by atoms with Gasteiger partial charge in [-0.15, -0.1) is 0 Å². The van der Waals surface area contributed by atoms with E-state index in [1.807, 2.05) is 43.3 Å². The zero-order valence-corrected chi connectivity index (χ0v) is 16.0. The van der Waals surface area contributed by atoms with E-state index in [-0.39, 0.29) is 0 Å². The van der Waals surface area contributed by atoms with Crippen LogP contribution in [0.4, 0.5) is 23.3 Å². The Morgan fingerprint density at radius 2 is 1.61 bits per heavy atom. The highest BCUT2D eigenvalue weighted by Gasteiger charge is 2.10. The summed E-state index contributed by atoms with van der Waals surface area (Å²) in [7, 11) is 0. The monoisotopic (exact) mass is 371 g/mol. The fraction of sp³-hybridized carbons (Fsp3) is 0.136. The molecule has 6 nitrogen and oxygen atoms in total. The lowest BCUT2D eigenvalue weighted by molar-refractivity contribution is 0.400. The summed E-state index contributed by atoms with van der Waals surface area (Å²) in [5.74, 6) is 2.43. The lowest BCUT2D eigenvalue weighted by Gasteiger charge is -2.12. The third-order valence-corrected chi connectivity index (χ3v) is 4.31. The van der Waals surface area contributed by atoms with Crippen LogP contribution in [-0.2, 0) is 0 Å². The van der Waals surface area contributed by atoms with E-state index in [4.69, 9.17) is 4.52 Å². The van der Waals surface area contributed by atoms with Crippen LogP contribution in [0.15, 0.2) is 65.2 Å². The van der Waals surface area contributed by atoms with Gasteiger partial charge in [0, 0.05) is 23.4 Å². The van der Waals surface area contributed by atoms with Crippen molar-refractivity contribution in [2.75, 3.05) is 10.6 Å². The van der Waals surface area contributed by atoms with Gasteiger partial charge in [-0.05, 0) is 32.4 Å². The third-order valence-electron chi connectivity index (χ3n) is 4.31. The molecule has 0 saturated carbocycles. The van der Waals surface area contributed by atoms with Crippen molar-refractivity contribution >= 4 is 23.3 Å². The molecule has 0 aliphatic rings. The summed E-state index contributed by atoms with van der Waals surface area (Å²) in [6.45, 7) is 6.00. The Labute approximate surface area is 163 Å². The van der Waals surface area contributed by atoms with Crippen LogP contribution in [0.1, 0.15) is 16.9 Å². The van der Waals surface area contributed by atoms with Crippen molar-refractivity contribution in [2.45, 2.75) is 20.8 Å². The summed E-state index contributed by atoms with van der Waals surface area (Å²) in [5, 5.41) is 10.5. The van der Waals surface area contributed by atoms with E-state index in [0.717, 1.165) is 28.3 Å². The Hall–Kier alpha value is -3.67. The van der Waals surface area contributed by atoms with Gasteiger partial charge >= 0.3 is 0 Å². The minimum atomic E-state index is 0.446. The number of rotatable bonds is 5. The lowest BCUT2D eigenvalue weighted by atomic mass is 10.1. The molecule has 4 aromatic rings. The van der Waals surface area contributed by atoms with Crippen LogP contribution in [-0.4, -0.2) is 15.1 Å². The van der Waals surface area contributed by atoms with Crippen molar-refractivity contribution in [2.24, 2.45) is 0 Å². The first-order valence-electron chi connectivity index (χ1n) is 9.06. The molecule has 4 rings (SSSR count). The van der Waals surface area contributed by atoms with Crippen LogP contribution in [0.2, 0.25) is 0 Å². The van der Waals surface area contributed by atoms with E-state index >= 15 is 0 Å². The predicted molar refractivity (Wildman–Crippen MR) is 111 cm³/mol. The number of hydrogen-bond donors (Lipinski definition) is 2. The van der Waals surface area contributed by atoms with Gasteiger partial charge in [0.15, 0.2) is 5.82 Å². The number of nitrogens with one attached hydrogen (secondary N) is 2. The predicted octanol–water partition coefficient (Wildman–Crippen LogP) is 5.54. The van der Waals surface area contributed by atoms with Gasteiger partial charge in [-0.1, -0.05) is 53.2 Å². The number of aromatic nitrogens is 3. The van der Waals surface area contributed by atoms with Gasteiger partial charge in [0.05, 0.1) is 5.69 Å². The molecule has 0 unspecified atom stereocenters. The molecule has 0 atom stereocenters. The van der Waals surface area contributed by atoms with Crippen molar-refractivity contribution in [3.63, 3.8) is 0 Å². The van der Waals surface area contributed by atoms with E-state index in [2.05, 4.69) is 57.8 Å². The average molecular weight is 371 g/mol. The zero-order chi connectivity index (χ0) is 19.5. The van der Waals surface area contributed by atoms with E-state index in [1.54, 1.807) is 6.07 Å². The molecule has 0 amide bonds. The SMILES string of the molecule is Cc1ccc(Nc2cc(-c3ccccc3)nc(Nc3cc(C)on3)n2)c(C)c1. The summed E-state index contributed by atoms with van der Waals surface area (Å²) < 4.78 is 5.12. The molecule has 2 N–H and O–H groups in total. The molecule has 0 radical (unpaired) electrons. The van der Waals surface area contributed by atoms with Crippen LogP contribution in [0.3, 0.4) is 0 Å². The molecule has 2 heterocycles. The smallest absolute Gasteiger partial charge is 0.231 e. The molecule has 0 saturated heterocycles. The summed E-state index contributed by atoms with van der Waals surface area (Å²) >= 11 is 0. The molecule has 28 heavy (non-hydrogen) atoms. The van der Waals surface area contributed by atoms with Crippen LogP contribution in [0.25, 0.3) is 11.3 Å². The molecule has 0 bridgehead atoms. The highest BCUT2D eigenvalue weighted by molar-refractivity contribution is 5.69. The normalized spacial score (nSPS) is 10.7. The second kappa shape index (κ2) is 7.52. The number of hydrogen-bond acceptors (Lipinski definition) is 6. The van der Waals surface area contributed by atoms with Gasteiger partial charge < -0.3 is 15.2 Å². The molecule has 140 valence electrons. The van der Waals surface area contributed by atoms with Crippen molar-refractivity contribution in [1.29, 1.82) is 0 Å². The maximum Gasteiger partial charge on any atom is 0.231 e. The van der Waals surface area contributed by atoms with E-state index in [1.165, 1.54) is 5.56 Å². The quantitative estimate of drug-likeness (QED) is 0.479. The second-order valence-corrected chi connectivity index (χ2v) is 6.72. The van der Waals surface area contributed by atoms with Crippen LogP contribution in [0.5, 0.6) is 0 Å². The Morgan fingerprint density at radius 1 is 0.786 bits per heavy atom. The molecule has 0 aliphatic carbocycles. The first kappa shape index (κ1) is 17.7. The van der Waals surface area contributed by atoms with Crippen LogP contribution < -0.4 is 10.6 Å². The maximum absolute atomic E-state index is 5.12. The minimum absolute atomic E-state index is 0.446. The topological polar surface area (TPSA) is 75.9 Å². The molecular formula is C22H21N5O. The Morgan fingerprint density at radius 3 is 2.32 bits per heavy atom. The highest BCUT2D eigenvalue weighted by atomic mass is 16.5. The van der Waals surface area contributed by atoms with Gasteiger partial charge in [-0.25, -0.2) is 4.98 Å². The van der Waals surface area contributed by atoms with Gasteiger partial charge in [0.25, 0.3) is 0 Å². The molecule has 2 aromatic carbocycles. The fourth-order valence-corrected chi connectivity index (χ4v) is 2.96. The lowest BCUT2D eigenvalue weighted by Crippen LogP contribution is -2.03. The van der Waals surface area contributed by atoms with Gasteiger partial charge in [0.2, 0.25) is 5.95 Å². The second-order valence-electron chi connectivity index (χ2n) is 6.72. The molecule has 0 aliphatic heterocycles. The number of aryl methyl sites for hydroxylation is 3. The summed E-state index contributed by atoms with van der Waals surface area (Å²) in [4.78, 5) is 9.25. The minimum Gasteiger partial charge on any atom is -0.360 e. The molecular weight excluding hydrogens is 350 g/mol. The summed E-state index contributed by atoms with van der Waals surface area (Å²) in [5.41, 5.74) is 5.20. The maximum atomic E-state index is 5.12. The van der Waals surface area contributed by atoms with Crippen LogP contribution in [0, 0.1) is 20.8 Å². The van der Waals surface area contributed by atoms with E-state index in [9.17, 15) is 0 Å². The Balaban J connectivity index is 1.72. The first-order valence-corrected chi connectivity index (χ1v) is 9.06. The number of benzene rings is 2. The van der Waals surface area contributed by atoms with Gasteiger partial charge in [-0.2, -0.15) is 4.98 Å². The summed E-state index contributed by atoms with van der Waals surface area (Å²) in [6.07, 6.45) is 0. The molecule has 0 fully saturated rings. The van der Waals surface area contributed by atoms with Crippen molar-refractivity contribution in [3.05, 3.63) is 77.6 Å². The Bertz CT molecular complexity index is 1110.